The maximum Gasteiger partial charge on any atom is 0.338 e. The first-order valence-corrected chi connectivity index (χ1v) is 13.3. The summed E-state index contributed by atoms with van der Waals surface area (Å²) in [6.07, 6.45) is -4.60. The van der Waals surface area contributed by atoms with E-state index in [0.717, 1.165) is 11.8 Å². The second-order valence-electron chi connectivity index (χ2n) is 8.79. The van der Waals surface area contributed by atoms with E-state index in [9.17, 15) is 19.2 Å². The standard InChI is InChI=1S/C30H28O9S/c1-19(31)40-26-23(18-36-27(32)20-12-6-3-7-13-20)37-30(35-2)25(39-29(34)22-16-10-5-11-17-22)24(26)38-28(33)21-14-8-4-9-15-21/h3-17,23-26,30H,18H2,1-2H3/t23-,24-,25-,26-,30-/m1/s1. The van der Waals surface area contributed by atoms with Crippen molar-refractivity contribution in [2.24, 2.45) is 0 Å². The smallest absolute Gasteiger partial charge is 0.338 e. The van der Waals surface area contributed by atoms with Crippen LogP contribution >= 0.6 is 11.8 Å². The van der Waals surface area contributed by atoms with E-state index in [1.54, 1.807) is 91.0 Å². The van der Waals surface area contributed by atoms with Gasteiger partial charge in [0.1, 0.15) is 12.7 Å². The van der Waals surface area contributed by atoms with Crippen molar-refractivity contribution in [2.75, 3.05) is 13.7 Å². The highest BCUT2D eigenvalue weighted by Gasteiger charge is 2.52. The van der Waals surface area contributed by atoms with Gasteiger partial charge < -0.3 is 23.7 Å². The number of rotatable bonds is 9. The topological polar surface area (TPSA) is 114 Å². The molecular formula is C30H28O9S. The minimum atomic E-state index is -1.25. The molecule has 0 amide bonds. The van der Waals surface area contributed by atoms with E-state index in [4.69, 9.17) is 23.7 Å². The van der Waals surface area contributed by atoms with Crippen molar-refractivity contribution in [3.8, 4) is 0 Å². The van der Waals surface area contributed by atoms with Gasteiger partial charge in [-0.05, 0) is 36.4 Å². The summed E-state index contributed by atoms with van der Waals surface area (Å²) < 4.78 is 28.8. The van der Waals surface area contributed by atoms with Crippen molar-refractivity contribution in [3.63, 3.8) is 0 Å². The van der Waals surface area contributed by atoms with Crippen LogP contribution in [0.4, 0.5) is 0 Å². The second-order valence-corrected chi connectivity index (χ2v) is 10.1. The molecule has 1 aliphatic rings. The maximum absolute atomic E-state index is 13.2. The summed E-state index contributed by atoms with van der Waals surface area (Å²) in [5.41, 5.74) is 0.856. The van der Waals surface area contributed by atoms with Gasteiger partial charge >= 0.3 is 17.9 Å². The number of benzene rings is 3. The van der Waals surface area contributed by atoms with Gasteiger partial charge in [0.2, 0.25) is 0 Å². The van der Waals surface area contributed by atoms with Crippen molar-refractivity contribution in [2.45, 2.75) is 36.8 Å². The molecule has 1 heterocycles. The van der Waals surface area contributed by atoms with Gasteiger partial charge in [-0.1, -0.05) is 66.4 Å². The molecule has 9 nitrogen and oxygen atoms in total. The van der Waals surface area contributed by atoms with Gasteiger partial charge in [-0.2, -0.15) is 0 Å². The number of hydrogen-bond donors (Lipinski definition) is 0. The third-order valence-electron chi connectivity index (χ3n) is 6.02. The summed E-state index contributed by atoms with van der Waals surface area (Å²) in [5.74, 6) is -1.99. The maximum atomic E-state index is 13.2. The molecule has 5 atom stereocenters. The molecule has 0 radical (unpaired) electrons. The summed E-state index contributed by atoms with van der Waals surface area (Å²) in [7, 11) is 1.34. The van der Waals surface area contributed by atoms with E-state index >= 15 is 0 Å². The number of ether oxygens (including phenoxy) is 5. The minimum Gasteiger partial charge on any atom is -0.459 e. The lowest BCUT2D eigenvalue weighted by Crippen LogP contribution is -2.61. The van der Waals surface area contributed by atoms with Crippen LogP contribution in [0.15, 0.2) is 91.0 Å². The molecule has 0 bridgehead atoms. The van der Waals surface area contributed by atoms with Gasteiger partial charge in [-0.25, -0.2) is 14.4 Å². The first-order chi connectivity index (χ1) is 19.4. The molecule has 0 spiro atoms. The minimum absolute atomic E-state index is 0.259. The normalized spacial score (nSPS) is 22.1. The van der Waals surface area contributed by atoms with Crippen LogP contribution in [0.3, 0.4) is 0 Å². The molecular weight excluding hydrogens is 536 g/mol. The van der Waals surface area contributed by atoms with Crippen molar-refractivity contribution in [1.29, 1.82) is 0 Å². The largest absolute Gasteiger partial charge is 0.459 e. The fourth-order valence-electron chi connectivity index (χ4n) is 4.14. The van der Waals surface area contributed by atoms with Crippen LogP contribution in [-0.4, -0.2) is 66.6 Å². The molecule has 0 saturated carbocycles. The van der Waals surface area contributed by atoms with Gasteiger partial charge in [0.25, 0.3) is 0 Å². The lowest BCUT2D eigenvalue weighted by atomic mass is 10.0. The number of carbonyl (C=O) groups excluding carboxylic acids is 4. The predicted molar refractivity (Wildman–Crippen MR) is 146 cm³/mol. The van der Waals surface area contributed by atoms with Gasteiger partial charge in [-0.15, -0.1) is 0 Å². The highest BCUT2D eigenvalue weighted by atomic mass is 32.2. The molecule has 1 saturated heterocycles. The Kier molecular flexibility index (Phi) is 10.1. The second kappa shape index (κ2) is 13.9. The van der Waals surface area contributed by atoms with Crippen LogP contribution in [0.25, 0.3) is 0 Å². The fraction of sp³-hybridized carbons (Fsp3) is 0.267. The zero-order valence-corrected chi connectivity index (χ0v) is 22.7. The number of thioether (sulfide) groups is 1. The Hall–Kier alpha value is -3.99. The van der Waals surface area contributed by atoms with Crippen LogP contribution < -0.4 is 0 Å². The van der Waals surface area contributed by atoms with Gasteiger partial charge in [0.05, 0.1) is 21.9 Å². The first kappa shape index (κ1) is 29.0. The summed E-state index contributed by atoms with van der Waals surface area (Å²) >= 11 is 0.836. The average Bonchev–Trinajstić information content (AvgIpc) is 2.99. The number of carbonyl (C=O) groups is 4. The molecule has 0 N–H and O–H groups in total. The molecule has 0 unspecified atom stereocenters. The van der Waals surface area contributed by atoms with E-state index in [0.29, 0.717) is 5.56 Å². The Morgan fingerprint density at radius 1 is 0.700 bits per heavy atom. The average molecular weight is 565 g/mol. The number of methoxy groups -OCH3 is 1. The predicted octanol–water partition coefficient (Wildman–Crippen LogP) is 4.31. The molecule has 10 heteroatoms. The Balaban J connectivity index is 1.64. The zero-order valence-electron chi connectivity index (χ0n) is 21.8. The van der Waals surface area contributed by atoms with Crippen molar-refractivity contribution in [1.82, 2.24) is 0 Å². The van der Waals surface area contributed by atoms with Crippen LogP contribution in [0.5, 0.6) is 0 Å². The Bertz CT molecular complexity index is 1300. The monoisotopic (exact) mass is 564 g/mol. The van der Waals surface area contributed by atoms with E-state index in [2.05, 4.69) is 0 Å². The molecule has 4 rings (SSSR count). The molecule has 208 valence electrons. The van der Waals surface area contributed by atoms with E-state index in [-0.39, 0.29) is 22.8 Å². The van der Waals surface area contributed by atoms with Crippen molar-refractivity contribution in [3.05, 3.63) is 108 Å². The van der Waals surface area contributed by atoms with E-state index in [1.165, 1.54) is 14.0 Å². The number of hydrogen-bond acceptors (Lipinski definition) is 10. The molecule has 40 heavy (non-hydrogen) atoms. The first-order valence-electron chi connectivity index (χ1n) is 12.5. The molecule has 3 aromatic carbocycles. The SMILES string of the molecule is CO[C@@H]1O[C@H](COC(=O)c2ccccc2)[C@@H](SC(C)=O)[C@H](OC(=O)c2ccccc2)[C@H]1OC(=O)c1ccccc1. The summed E-state index contributed by atoms with van der Waals surface area (Å²) in [6, 6.07) is 24.9. The third kappa shape index (κ3) is 7.35. The zero-order chi connectivity index (χ0) is 28.5. The van der Waals surface area contributed by atoms with Crippen LogP contribution in [0, 0.1) is 0 Å². The Labute approximate surface area is 235 Å². The van der Waals surface area contributed by atoms with Crippen molar-refractivity contribution < 1.29 is 42.9 Å². The summed E-state index contributed by atoms with van der Waals surface area (Å²) in [6.45, 7) is 1.07. The van der Waals surface area contributed by atoms with Gasteiger partial charge in [-0.3, -0.25) is 4.79 Å². The highest BCUT2D eigenvalue weighted by Crippen LogP contribution is 2.35. The number of esters is 3. The van der Waals surface area contributed by atoms with E-state index < -0.39 is 47.8 Å². The summed E-state index contributed by atoms with van der Waals surface area (Å²) in [5, 5.41) is -1.22. The van der Waals surface area contributed by atoms with Crippen LogP contribution in [-0.2, 0) is 28.5 Å². The van der Waals surface area contributed by atoms with Gasteiger partial charge in [0.15, 0.2) is 23.6 Å². The molecule has 1 aliphatic heterocycles. The third-order valence-corrected chi connectivity index (χ3v) is 7.19. The van der Waals surface area contributed by atoms with Crippen LogP contribution in [0.1, 0.15) is 38.0 Å². The Morgan fingerprint density at radius 2 is 1.15 bits per heavy atom. The molecule has 0 aromatic heterocycles. The molecule has 3 aromatic rings. The van der Waals surface area contributed by atoms with Crippen molar-refractivity contribution >= 4 is 34.8 Å². The van der Waals surface area contributed by atoms with Crippen LogP contribution in [0.2, 0.25) is 0 Å². The highest BCUT2D eigenvalue weighted by molar-refractivity contribution is 8.14. The molecule has 1 fully saturated rings. The summed E-state index contributed by atoms with van der Waals surface area (Å²) in [4.78, 5) is 51.2. The van der Waals surface area contributed by atoms with E-state index in [1.807, 2.05) is 0 Å². The lowest BCUT2D eigenvalue weighted by Gasteiger charge is -2.44. The quantitative estimate of drug-likeness (QED) is 0.275. The Morgan fingerprint density at radius 3 is 1.60 bits per heavy atom. The fourth-order valence-corrected chi connectivity index (χ4v) is 5.17. The molecule has 0 aliphatic carbocycles. The van der Waals surface area contributed by atoms with Gasteiger partial charge in [0, 0.05) is 14.0 Å². The lowest BCUT2D eigenvalue weighted by molar-refractivity contribution is -0.258.